The second-order valence-electron chi connectivity index (χ2n) is 7.24. The number of benzene rings is 1. The van der Waals surface area contributed by atoms with Crippen LogP contribution in [0.2, 0.25) is 0 Å². The lowest BCUT2D eigenvalue weighted by molar-refractivity contribution is 0.149. The first-order chi connectivity index (χ1) is 9.91. The molecule has 0 aromatic heterocycles. The molecule has 0 spiro atoms. The zero-order chi connectivity index (χ0) is 15.4. The molecular weight excluding hydrogens is 264 g/mol. The Hall–Kier alpha value is -1.38. The fourth-order valence-electron chi connectivity index (χ4n) is 4.50. The minimum atomic E-state index is 0.0975. The quantitative estimate of drug-likeness (QED) is 0.886. The molecule has 0 radical (unpaired) electrons. The van der Waals surface area contributed by atoms with Gasteiger partial charge in [0, 0.05) is 5.56 Å². The van der Waals surface area contributed by atoms with E-state index in [-0.39, 0.29) is 11.2 Å². The highest BCUT2D eigenvalue weighted by molar-refractivity contribution is 5.62. The van der Waals surface area contributed by atoms with Crippen LogP contribution < -0.4 is 9.47 Å². The van der Waals surface area contributed by atoms with Gasteiger partial charge in [0.15, 0.2) is 11.5 Å². The smallest absolute Gasteiger partial charge is 0.201 e. The van der Waals surface area contributed by atoms with Crippen molar-refractivity contribution in [3.05, 3.63) is 17.2 Å². The molecule has 3 rings (SSSR count). The maximum Gasteiger partial charge on any atom is 0.201 e. The molecule has 1 fully saturated rings. The third kappa shape index (κ3) is 1.93. The van der Waals surface area contributed by atoms with Crippen LogP contribution in [0.3, 0.4) is 0 Å². The molecule has 2 aliphatic rings. The molecule has 0 heterocycles. The zero-order valence-corrected chi connectivity index (χ0v) is 13.7. The van der Waals surface area contributed by atoms with Gasteiger partial charge in [-0.3, -0.25) is 0 Å². The highest BCUT2D eigenvalue weighted by Crippen LogP contribution is 2.59. The van der Waals surface area contributed by atoms with Crippen LogP contribution in [0.25, 0.3) is 0 Å². The minimum absolute atomic E-state index is 0.0975. The van der Waals surface area contributed by atoms with Gasteiger partial charge in [0.05, 0.1) is 14.2 Å². The first-order valence-corrected chi connectivity index (χ1v) is 7.90. The molecule has 3 atom stereocenters. The number of hydrogen-bond acceptors (Lipinski definition) is 3. The first-order valence-electron chi connectivity index (χ1n) is 7.90. The highest BCUT2D eigenvalue weighted by Gasteiger charge is 2.47. The number of methoxy groups -OCH3 is 2. The van der Waals surface area contributed by atoms with Crippen LogP contribution in [-0.2, 0) is 5.41 Å². The van der Waals surface area contributed by atoms with Crippen LogP contribution >= 0.6 is 0 Å². The van der Waals surface area contributed by atoms with Crippen molar-refractivity contribution in [2.75, 3.05) is 14.2 Å². The van der Waals surface area contributed by atoms with E-state index in [9.17, 15) is 5.11 Å². The summed E-state index contributed by atoms with van der Waals surface area (Å²) in [4.78, 5) is 0. The van der Waals surface area contributed by atoms with E-state index in [1.807, 2.05) is 6.07 Å². The largest absolute Gasteiger partial charge is 0.502 e. The summed E-state index contributed by atoms with van der Waals surface area (Å²) < 4.78 is 11.0. The van der Waals surface area contributed by atoms with Crippen LogP contribution in [0.15, 0.2) is 6.07 Å². The van der Waals surface area contributed by atoms with Crippen molar-refractivity contribution in [3.63, 3.8) is 0 Å². The lowest BCUT2D eigenvalue weighted by Gasteiger charge is -2.50. The monoisotopic (exact) mass is 290 g/mol. The topological polar surface area (TPSA) is 38.7 Å². The summed E-state index contributed by atoms with van der Waals surface area (Å²) in [7, 11) is 3.24. The van der Waals surface area contributed by atoms with Crippen LogP contribution in [0.1, 0.15) is 57.1 Å². The molecule has 116 valence electrons. The van der Waals surface area contributed by atoms with Crippen LogP contribution in [0.5, 0.6) is 17.2 Å². The molecule has 1 saturated carbocycles. The lowest BCUT2D eigenvalue weighted by atomic mass is 9.55. The minimum Gasteiger partial charge on any atom is -0.502 e. The molecule has 0 unspecified atom stereocenters. The first kappa shape index (κ1) is 14.6. The molecule has 21 heavy (non-hydrogen) atoms. The van der Waals surface area contributed by atoms with E-state index in [0.29, 0.717) is 29.3 Å². The van der Waals surface area contributed by atoms with E-state index in [2.05, 4.69) is 20.8 Å². The van der Waals surface area contributed by atoms with E-state index < -0.39 is 0 Å². The Bertz CT molecular complexity index is 562. The van der Waals surface area contributed by atoms with Gasteiger partial charge in [-0.05, 0) is 54.1 Å². The Morgan fingerprint density at radius 2 is 1.90 bits per heavy atom. The van der Waals surface area contributed by atoms with Crippen molar-refractivity contribution in [1.82, 2.24) is 0 Å². The van der Waals surface area contributed by atoms with Gasteiger partial charge in [-0.2, -0.15) is 0 Å². The van der Waals surface area contributed by atoms with E-state index in [1.165, 1.54) is 30.4 Å². The number of phenolic OH excluding ortho intramolecular Hbond substituents is 1. The Kier molecular flexibility index (Phi) is 3.34. The van der Waals surface area contributed by atoms with Gasteiger partial charge in [-0.1, -0.05) is 20.8 Å². The van der Waals surface area contributed by atoms with Gasteiger partial charge in [-0.25, -0.2) is 0 Å². The van der Waals surface area contributed by atoms with E-state index in [0.717, 1.165) is 0 Å². The van der Waals surface area contributed by atoms with Crippen molar-refractivity contribution < 1.29 is 14.6 Å². The molecule has 0 saturated heterocycles. The van der Waals surface area contributed by atoms with Crippen molar-refractivity contribution in [1.29, 1.82) is 0 Å². The summed E-state index contributed by atoms with van der Waals surface area (Å²) in [5.74, 6) is 3.10. The van der Waals surface area contributed by atoms with E-state index in [4.69, 9.17) is 9.47 Å². The second-order valence-corrected chi connectivity index (χ2v) is 7.24. The number of rotatable bonds is 2. The maximum atomic E-state index is 10.4. The Morgan fingerprint density at radius 3 is 2.52 bits per heavy atom. The summed E-state index contributed by atoms with van der Waals surface area (Å²) in [6.07, 6.45) is 3.74. The molecular formula is C18H26O3. The van der Waals surface area contributed by atoms with Gasteiger partial charge in [0.1, 0.15) is 0 Å². The number of aromatic hydroxyl groups is 1. The molecule has 1 aromatic carbocycles. The van der Waals surface area contributed by atoms with Crippen molar-refractivity contribution in [3.8, 4) is 17.2 Å². The van der Waals surface area contributed by atoms with Crippen LogP contribution in [0.4, 0.5) is 0 Å². The Labute approximate surface area is 127 Å². The van der Waals surface area contributed by atoms with Gasteiger partial charge >= 0.3 is 0 Å². The van der Waals surface area contributed by atoms with Crippen molar-refractivity contribution in [2.24, 2.45) is 11.8 Å². The third-order valence-corrected chi connectivity index (χ3v) is 5.96. The SMILES string of the molecule is COc1cc2c(c(OC)c1O)[C@H]1C[C@H](CC[C@@H]1C)C2(C)C. The number of fused-ring (bicyclic) bond motifs is 4. The zero-order valence-electron chi connectivity index (χ0n) is 13.7. The van der Waals surface area contributed by atoms with Gasteiger partial charge < -0.3 is 14.6 Å². The summed E-state index contributed by atoms with van der Waals surface area (Å²) in [5, 5.41) is 10.4. The molecule has 0 aliphatic heterocycles. The number of hydrogen-bond donors (Lipinski definition) is 1. The average molecular weight is 290 g/mol. The molecule has 3 nitrogen and oxygen atoms in total. The molecule has 3 heteroatoms. The predicted octanol–water partition coefficient (Wildman–Crippen LogP) is 4.22. The summed E-state index contributed by atoms with van der Waals surface area (Å²) in [6, 6.07) is 2.03. The van der Waals surface area contributed by atoms with Gasteiger partial charge in [-0.15, -0.1) is 0 Å². The van der Waals surface area contributed by atoms with Gasteiger partial charge in [0.25, 0.3) is 0 Å². The maximum absolute atomic E-state index is 10.4. The van der Waals surface area contributed by atoms with E-state index >= 15 is 0 Å². The molecule has 1 N–H and O–H groups in total. The predicted molar refractivity (Wildman–Crippen MR) is 83.5 cm³/mol. The molecule has 1 aromatic rings. The molecule has 2 bridgehead atoms. The fourth-order valence-corrected chi connectivity index (χ4v) is 4.50. The van der Waals surface area contributed by atoms with E-state index in [1.54, 1.807) is 14.2 Å². The Morgan fingerprint density at radius 1 is 1.19 bits per heavy atom. The highest BCUT2D eigenvalue weighted by atomic mass is 16.5. The van der Waals surface area contributed by atoms with Gasteiger partial charge in [0.2, 0.25) is 5.75 Å². The number of phenols is 1. The summed E-state index contributed by atoms with van der Waals surface area (Å²) >= 11 is 0. The molecule has 0 amide bonds. The van der Waals surface area contributed by atoms with Crippen molar-refractivity contribution in [2.45, 2.75) is 51.4 Å². The van der Waals surface area contributed by atoms with Crippen LogP contribution in [-0.4, -0.2) is 19.3 Å². The molecule has 2 aliphatic carbocycles. The second kappa shape index (κ2) is 4.82. The van der Waals surface area contributed by atoms with Crippen LogP contribution in [0, 0.1) is 11.8 Å². The Balaban J connectivity index is 2.30. The van der Waals surface area contributed by atoms with Crippen molar-refractivity contribution >= 4 is 0 Å². The average Bonchev–Trinajstić information content (AvgIpc) is 2.46. The third-order valence-electron chi connectivity index (χ3n) is 5.96. The standard InChI is InChI=1S/C18H26O3/c1-10-6-7-11-8-12(10)15-13(18(11,2)3)9-14(20-4)16(19)17(15)21-5/h9-12,19H,6-8H2,1-5H3/t10-,11-,12-/m0/s1. The summed E-state index contributed by atoms with van der Waals surface area (Å²) in [5.41, 5.74) is 2.60. The summed E-state index contributed by atoms with van der Waals surface area (Å²) in [6.45, 7) is 6.96. The number of ether oxygens (including phenoxy) is 2. The lowest BCUT2D eigenvalue weighted by Crippen LogP contribution is -2.40. The fraction of sp³-hybridized carbons (Fsp3) is 0.667. The normalized spacial score (nSPS) is 29.7.